The normalized spacial score (nSPS) is 11.5. The maximum atomic E-state index is 6.35. The van der Waals surface area contributed by atoms with Crippen LogP contribution in [0, 0.1) is 13.8 Å². The van der Waals surface area contributed by atoms with E-state index in [2.05, 4.69) is 128 Å². The topological polar surface area (TPSA) is 65.7 Å². The molecule has 0 N–H and O–H groups in total. The molecule has 0 atom stereocenters. The molecule has 242 valence electrons. The molecule has 0 bridgehead atoms. The van der Waals surface area contributed by atoms with E-state index in [9.17, 15) is 0 Å². The minimum absolute atomic E-state index is 0.449. The summed E-state index contributed by atoms with van der Waals surface area (Å²) in [5.74, 6) is 1.40. The van der Waals surface area contributed by atoms with Gasteiger partial charge in [-0.15, -0.1) is 15.0 Å². The number of hydrogen-bond donors (Lipinski definition) is 0. The van der Waals surface area contributed by atoms with Gasteiger partial charge in [0.2, 0.25) is 5.82 Å². The van der Waals surface area contributed by atoms with Crippen molar-refractivity contribution in [3.63, 3.8) is 0 Å². The van der Waals surface area contributed by atoms with Gasteiger partial charge in [-0.2, -0.15) is 0 Å². The fraction of sp³-hybridized carbons (Fsp3) is 0.0909. The van der Waals surface area contributed by atoms with Crippen molar-refractivity contribution in [2.45, 2.75) is 26.0 Å². The number of para-hydroxylation sites is 1. The second kappa shape index (κ2) is 13.2. The van der Waals surface area contributed by atoms with E-state index in [1.54, 1.807) is 4.80 Å². The van der Waals surface area contributed by atoms with Gasteiger partial charge in [-0.3, -0.25) is 4.98 Å². The smallest absolute Gasteiger partial charge is 0.205 e. The van der Waals surface area contributed by atoms with E-state index in [1.165, 1.54) is 0 Å². The van der Waals surface area contributed by atoms with Gasteiger partial charge >= 0.3 is 0 Å². The molecule has 0 unspecified atom stereocenters. The molecule has 0 saturated heterocycles. The summed E-state index contributed by atoms with van der Waals surface area (Å²) in [6.45, 7) is 4.53. The van der Waals surface area contributed by atoms with Crippen molar-refractivity contribution in [3.05, 3.63) is 197 Å². The highest BCUT2D eigenvalue weighted by molar-refractivity contribution is 5.87. The van der Waals surface area contributed by atoms with Crippen LogP contribution in [-0.4, -0.2) is 25.2 Å². The lowest BCUT2D eigenvalue weighted by Crippen LogP contribution is -2.39. The molecule has 0 aliphatic rings. The second-order valence-corrected chi connectivity index (χ2v) is 12.5. The van der Waals surface area contributed by atoms with Crippen LogP contribution in [0.5, 0.6) is 5.75 Å². The van der Waals surface area contributed by atoms with E-state index in [-0.39, 0.29) is 0 Å². The second-order valence-electron chi connectivity index (χ2n) is 12.5. The molecule has 8 rings (SSSR count). The summed E-state index contributed by atoms with van der Waals surface area (Å²) in [5.41, 5.74) is 9.39. The summed E-state index contributed by atoms with van der Waals surface area (Å²) in [6, 6.07) is 56.1. The van der Waals surface area contributed by atoms with Crippen molar-refractivity contribution < 1.29 is 4.74 Å². The Bertz CT molecular complexity index is 2290. The molecule has 8 aromatic rings. The van der Waals surface area contributed by atoms with Crippen LogP contribution in [0.25, 0.3) is 33.4 Å². The molecule has 6 aromatic carbocycles. The molecule has 0 fully saturated rings. The SMILES string of the molecule is Cc1cc(OCc2ccc(-c3ccccc3-c3nnn(C(c4ccccc4)(c4ccccc4)c4ccccc4)n3)cc2)c2cccc(C)c2n1. The molecule has 0 amide bonds. The molecule has 6 heteroatoms. The van der Waals surface area contributed by atoms with Gasteiger partial charge in [-0.25, -0.2) is 0 Å². The van der Waals surface area contributed by atoms with Crippen LogP contribution < -0.4 is 4.74 Å². The Morgan fingerprint density at radius 2 is 1.18 bits per heavy atom. The molecule has 0 spiro atoms. The van der Waals surface area contributed by atoms with Gasteiger partial charge in [0.1, 0.15) is 12.4 Å². The van der Waals surface area contributed by atoms with Crippen molar-refractivity contribution in [1.29, 1.82) is 0 Å². The predicted octanol–water partition coefficient (Wildman–Crippen LogP) is 9.59. The zero-order valence-electron chi connectivity index (χ0n) is 27.9. The summed E-state index contributed by atoms with van der Waals surface area (Å²) in [4.78, 5) is 6.50. The highest BCUT2D eigenvalue weighted by Gasteiger charge is 2.41. The molecule has 6 nitrogen and oxygen atoms in total. The Kier molecular flexibility index (Phi) is 8.19. The summed E-state index contributed by atoms with van der Waals surface area (Å²) < 4.78 is 6.35. The molecule has 0 aliphatic heterocycles. The Labute approximate surface area is 291 Å². The molecule has 50 heavy (non-hydrogen) atoms. The van der Waals surface area contributed by atoms with Crippen LogP contribution in [0.3, 0.4) is 0 Å². The lowest BCUT2D eigenvalue weighted by atomic mass is 9.77. The average Bonchev–Trinajstić information content (AvgIpc) is 3.67. The molecular weight excluding hydrogens is 615 g/mol. The number of tetrazole rings is 1. The maximum absolute atomic E-state index is 6.35. The zero-order valence-corrected chi connectivity index (χ0v) is 27.9. The van der Waals surface area contributed by atoms with Gasteiger partial charge in [0.25, 0.3) is 0 Å². The quantitative estimate of drug-likeness (QED) is 0.146. The standard InChI is InChI=1S/C44H35N5O/c1-31-15-14-24-40-41(29-32(2)45-42(31)40)50-30-33-25-27-34(28-26-33)38-22-12-13-23-39(38)43-46-48-49(47-43)44(35-16-6-3-7-17-35,36-18-8-4-9-19-36)37-20-10-5-11-21-37/h3-29H,30H2,1-2H3. The third-order valence-corrected chi connectivity index (χ3v) is 9.25. The number of rotatable bonds is 9. The summed E-state index contributed by atoms with van der Waals surface area (Å²) in [6.07, 6.45) is 0. The van der Waals surface area contributed by atoms with Crippen LogP contribution >= 0.6 is 0 Å². The van der Waals surface area contributed by atoms with E-state index in [0.29, 0.717) is 12.4 Å². The highest BCUT2D eigenvalue weighted by atomic mass is 16.5. The summed E-state index contributed by atoms with van der Waals surface area (Å²) in [7, 11) is 0. The van der Waals surface area contributed by atoms with E-state index in [4.69, 9.17) is 25.1 Å². The van der Waals surface area contributed by atoms with E-state index in [0.717, 1.165) is 66.9 Å². The van der Waals surface area contributed by atoms with Crippen LogP contribution in [0.15, 0.2) is 164 Å². The number of aryl methyl sites for hydroxylation is 2. The molecular formula is C44H35N5O. The minimum Gasteiger partial charge on any atom is -0.488 e. The first-order valence-electron chi connectivity index (χ1n) is 16.8. The van der Waals surface area contributed by atoms with Crippen LogP contribution in [0.2, 0.25) is 0 Å². The number of benzene rings is 6. The first-order valence-corrected chi connectivity index (χ1v) is 16.8. The number of fused-ring (bicyclic) bond motifs is 1. The van der Waals surface area contributed by atoms with Crippen molar-refractivity contribution in [2.75, 3.05) is 0 Å². The number of ether oxygens (including phenoxy) is 1. The summed E-state index contributed by atoms with van der Waals surface area (Å²) >= 11 is 0. The lowest BCUT2D eigenvalue weighted by Gasteiger charge is -2.34. The highest BCUT2D eigenvalue weighted by Crippen LogP contribution is 2.40. The first kappa shape index (κ1) is 30.9. The van der Waals surface area contributed by atoms with Crippen molar-refractivity contribution in [2.24, 2.45) is 0 Å². The van der Waals surface area contributed by atoms with Crippen LogP contribution in [0.4, 0.5) is 0 Å². The van der Waals surface area contributed by atoms with Crippen molar-refractivity contribution in [1.82, 2.24) is 25.2 Å². The maximum Gasteiger partial charge on any atom is 0.205 e. The number of hydrogen-bond acceptors (Lipinski definition) is 5. The summed E-state index contributed by atoms with van der Waals surface area (Å²) in [5, 5.41) is 15.7. The fourth-order valence-corrected chi connectivity index (χ4v) is 6.82. The van der Waals surface area contributed by atoms with Crippen molar-refractivity contribution in [3.8, 4) is 28.3 Å². The third kappa shape index (κ3) is 5.61. The monoisotopic (exact) mass is 649 g/mol. The van der Waals surface area contributed by atoms with Crippen molar-refractivity contribution >= 4 is 10.9 Å². The van der Waals surface area contributed by atoms with Gasteiger partial charge in [0.15, 0.2) is 5.54 Å². The zero-order chi connectivity index (χ0) is 33.9. The Hall–Kier alpha value is -6.40. The average molecular weight is 650 g/mol. The largest absolute Gasteiger partial charge is 0.488 e. The van der Waals surface area contributed by atoms with Gasteiger partial charge < -0.3 is 4.74 Å². The first-order chi connectivity index (χ1) is 24.6. The van der Waals surface area contributed by atoms with Gasteiger partial charge in [0, 0.05) is 22.7 Å². The number of nitrogens with zero attached hydrogens (tertiary/aromatic N) is 5. The van der Waals surface area contributed by atoms with E-state index in [1.807, 2.05) is 49.4 Å². The van der Waals surface area contributed by atoms with Crippen LogP contribution in [-0.2, 0) is 12.1 Å². The third-order valence-electron chi connectivity index (χ3n) is 9.25. The number of pyridine rings is 1. The number of aromatic nitrogens is 5. The predicted molar refractivity (Wildman–Crippen MR) is 199 cm³/mol. The van der Waals surface area contributed by atoms with E-state index >= 15 is 0 Å². The van der Waals surface area contributed by atoms with E-state index < -0.39 is 5.54 Å². The molecule has 2 heterocycles. The molecule has 2 aromatic heterocycles. The van der Waals surface area contributed by atoms with Gasteiger partial charge in [-0.1, -0.05) is 152 Å². The van der Waals surface area contributed by atoms with Gasteiger partial charge in [0.05, 0.1) is 5.52 Å². The Balaban J connectivity index is 1.14. The Morgan fingerprint density at radius 3 is 1.80 bits per heavy atom. The lowest BCUT2D eigenvalue weighted by molar-refractivity contribution is 0.309. The fourth-order valence-electron chi connectivity index (χ4n) is 6.82. The molecule has 0 radical (unpaired) electrons. The molecule has 0 saturated carbocycles. The molecule has 0 aliphatic carbocycles. The Morgan fingerprint density at radius 1 is 0.600 bits per heavy atom. The van der Waals surface area contributed by atoms with Crippen LogP contribution in [0.1, 0.15) is 33.5 Å². The van der Waals surface area contributed by atoms with Gasteiger partial charge in [-0.05, 0) is 64.1 Å². The minimum atomic E-state index is -0.844.